The van der Waals surface area contributed by atoms with Crippen LogP contribution in [-0.2, 0) is 11.2 Å². The lowest BCUT2D eigenvalue weighted by atomic mass is 9.82. The molecule has 8 heteroatoms. The normalized spacial score (nSPS) is 13.5. The molecular formula is C28H26ClN3O4. The van der Waals surface area contributed by atoms with Gasteiger partial charge in [0.15, 0.2) is 5.54 Å². The molecule has 36 heavy (non-hydrogen) atoms. The fraction of sp³-hybridized carbons (Fsp3) is 0.179. The molecule has 4 rings (SSSR count). The van der Waals surface area contributed by atoms with Crippen molar-refractivity contribution in [2.24, 2.45) is 0 Å². The number of pyridine rings is 1. The van der Waals surface area contributed by atoms with E-state index in [-0.39, 0.29) is 17.5 Å². The number of aromatic nitrogens is 1. The molecule has 0 radical (unpaired) electrons. The van der Waals surface area contributed by atoms with Gasteiger partial charge in [0, 0.05) is 46.7 Å². The number of amides is 1. The van der Waals surface area contributed by atoms with Crippen LogP contribution in [0.5, 0.6) is 0 Å². The summed E-state index contributed by atoms with van der Waals surface area (Å²) in [6, 6.07) is 23.4. The number of H-pyrrole nitrogens is 1. The van der Waals surface area contributed by atoms with Crippen molar-refractivity contribution >= 4 is 40.1 Å². The van der Waals surface area contributed by atoms with Crippen molar-refractivity contribution in [1.82, 2.24) is 10.3 Å². The highest BCUT2D eigenvalue weighted by Crippen LogP contribution is 2.29. The minimum atomic E-state index is -1.79. The van der Waals surface area contributed by atoms with E-state index in [9.17, 15) is 19.5 Å². The molecular weight excluding hydrogens is 478 g/mol. The molecule has 3 N–H and O–H groups in total. The summed E-state index contributed by atoms with van der Waals surface area (Å²) in [6.45, 7) is 1.75. The topological polar surface area (TPSA) is 103 Å². The second-order valence-electron chi connectivity index (χ2n) is 8.74. The summed E-state index contributed by atoms with van der Waals surface area (Å²) in [6.07, 6.45) is -0.121. The number of hydrogen-bond donors (Lipinski definition) is 3. The Balaban J connectivity index is 1.85. The molecule has 0 fully saturated rings. The highest BCUT2D eigenvalue weighted by molar-refractivity contribution is 6.30. The van der Waals surface area contributed by atoms with E-state index in [1.807, 2.05) is 47.4 Å². The van der Waals surface area contributed by atoms with E-state index in [4.69, 9.17) is 11.6 Å². The quantitative estimate of drug-likeness (QED) is 0.328. The summed E-state index contributed by atoms with van der Waals surface area (Å²) in [5.41, 5.74) is 0.0187. The van der Waals surface area contributed by atoms with Gasteiger partial charge in [0.05, 0.1) is 6.04 Å². The van der Waals surface area contributed by atoms with Crippen LogP contribution in [0.2, 0.25) is 5.02 Å². The second-order valence-corrected chi connectivity index (χ2v) is 9.18. The first-order chi connectivity index (χ1) is 17.2. The summed E-state index contributed by atoms with van der Waals surface area (Å²) in [7, 11) is 1.78. The number of likely N-dealkylation sites (N-methyl/N-ethyl adjacent to an activating group) is 1. The average molecular weight is 504 g/mol. The van der Waals surface area contributed by atoms with Crippen LogP contribution in [0.25, 0.3) is 10.9 Å². The number of aromatic amines is 1. The number of benzene rings is 3. The first-order valence-corrected chi connectivity index (χ1v) is 11.8. The van der Waals surface area contributed by atoms with Crippen molar-refractivity contribution in [3.8, 4) is 0 Å². The molecule has 2 unspecified atom stereocenters. The highest BCUT2D eigenvalue weighted by Gasteiger charge is 2.48. The molecule has 7 nitrogen and oxygen atoms in total. The molecule has 0 aliphatic rings. The Kier molecular flexibility index (Phi) is 7.12. The zero-order chi connectivity index (χ0) is 25.9. The van der Waals surface area contributed by atoms with Crippen LogP contribution in [0, 0.1) is 0 Å². The lowest BCUT2D eigenvalue weighted by Gasteiger charge is -2.42. The Labute approximate surface area is 213 Å². The van der Waals surface area contributed by atoms with Gasteiger partial charge in [0.25, 0.3) is 5.91 Å². The van der Waals surface area contributed by atoms with Crippen LogP contribution >= 0.6 is 11.6 Å². The minimum Gasteiger partial charge on any atom is -0.479 e. The molecule has 4 aromatic rings. The Bertz CT molecular complexity index is 1450. The lowest BCUT2D eigenvalue weighted by Crippen LogP contribution is -2.66. The molecule has 0 saturated carbocycles. The largest absolute Gasteiger partial charge is 0.479 e. The molecule has 1 aromatic heterocycles. The van der Waals surface area contributed by atoms with Crippen molar-refractivity contribution in [3.05, 3.63) is 111 Å². The molecule has 3 aromatic carbocycles. The zero-order valence-electron chi connectivity index (χ0n) is 19.9. The molecule has 0 aliphatic carbocycles. The summed E-state index contributed by atoms with van der Waals surface area (Å²) in [5, 5.41) is 14.7. The molecule has 2 atom stereocenters. The van der Waals surface area contributed by atoms with Crippen LogP contribution in [0.3, 0.4) is 0 Å². The number of anilines is 1. The first kappa shape index (κ1) is 25.0. The number of fused-ring (bicyclic) bond motifs is 1. The smallest absolute Gasteiger partial charge is 0.331 e. The maximum absolute atomic E-state index is 13.4. The van der Waals surface area contributed by atoms with Crippen molar-refractivity contribution in [3.63, 3.8) is 0 Å². The van der Waals surface area contributed by atoms with E-state index in [2.05, 4.69) is 10.3 Å². The van der Waals surface area contributed by atoms with E-state index < -0.39 is 23.5 Å². The minimum absolute atomic E-state index is 0.121. The Morgan fingerprint density at radius 1 is 1.03 bits per heavy atom. The van der Waals surface area contributed by atoms with Crippen LogP contribution in [0.15, 0.2) is 89.7 Å². The second kappa shape index (κ2) is 10.3. The number of hydrogen-bond acceptors (Lipinski definition) is 4. The fourth-order valence-corrected chi connectivity index (χ4v) is 4.55. The summed E-state index contributed by atoms with van der Waals surface area (Å²) in [5.74, 6) is -1.78. The Morgan fingerprint density at radius 3 is 2.33 bits per heavy atom. The predicted octanol–water partition coefficient (Wildman–Crippen LogP) is 4.50. The van der Waals surface area contributed by atoms with E-state index in [0.29, 0.717) is 21.5 Å². The third kappa shape index (κ3) is 4.97. The third-order valence-electron chi connectivity index (χ3n) is 6.59. The number of aliphatic carboxylic acids is 1. The number of nitrogens with zero attached hydrogens (tertiary/aromatic N) is 1. The van der Waals surface area contributed by atoms with Gasteiger partial charge in [0.1, 0.15) is 0 Å². The van der Waals surface area contributed by atoms with E-state index in [1.54, 1.807) is 50.4 Å². The van der Waals surface area contributed by atoms with Gasteiger partial charge in [-0.2, -0.15) is 0 Å². The first-order valence-electron chi connectivity index (χ1n) is 11.4. The fourth-order valence-electron chi connectivity index (χ4n) is 4.42. The molecule has 0 spiro atoms. The molecule has 0 bridgehead atoms. The van der Waals surface area contributed by atoms with Crippen molar-refractivity contribution in [2.45, 2.75) is 24.9 Å². The molecule has 1 heterocycles. The number of halogens is 1. The number of carbonyl (C=O) groups is 2. The highest BCUT2D eigenvalue weighted by atomic mass is 35.5. The van der Waals surface area contributed by atoms with E-state index >= 15 is 0 Å². The summed E-state index contributed by atoms with van der Waals surface area (Å²) in [4.78, 5) is 43.5. The zero-order valence-corrected chi connectivity index (χ0v) is 20.6. The number of carboxylic acid groups (broad SMARTS) is 1. The number of nitrogens with one attached hydrogen (secondary N) is 2. The monoisotopic (exact) mass is 503 g/mol. The predicted molar refractivity (Wildman–Crippen MR) is 142 cm³/mol. The average Bonchev–Trinajstić information content (AvgIpc) is 2.88. The van der Waals surface area contributed by atoms with Crippen LogP contribution < -0.4 is 15.8 Å². The molecule has 184 valence electrons. The molecule has 0 aliphatic heterocycles. The van der Waals surface area contributed by atoms with Gasteiger partial charge in [-0.25, -0.2) is 4.79 Å². The van der Waals surface area contributed by atoms with Gasteiger partial charge in [-0.15, -0.1) is 0 Å². The van der Waals surface area contributed by atoms with Crippen LogP contribution in [0.1, 0.15) is 22.8 Å². The van der Waals surface area contributed by atoms with Crippen molar-refractivity contribution < 1.29 is 14.7 Å². The summed E-state index contributed by atoms with van der Waals surface area (Å²) >= 11 is 5.97. The third-order valence-corrected chi connectivity index (χ3v) is 6.84. The maximum atomic E-state index is 13.4. The number of carboxylic acids is 1. The van der Waals surface area contributed by atoms with Gasteiger partial charge >= 0.3 is 5.97 Å². The van der Waals surface area contributed by atoms with Crippen molar-refractivity contribution in [1.29, 1.82) is 0 Å². The van der Waals surface area contributed by atoms with Gasteiger partial charge in [-0.3, -0.25) is 9.59 Å². The molecule has 0 saturated heterocycles. The Hall–Kier alpha value is -4.10. The SMILES string of the molecule is CC(N(C)c1ccccc1)C(Cc1cc(=O)[nH]c2ccccc12)(NC(=O)c1ccc(Cl)cc1)C(=O)O. The number of para-hydroxylation sites is 2. The standard InChI is InChI=1S/C28H26ClN3O4/c1-18(32(2)22-8-4-3-5-9-22)28(27(35)36,31-26(34)19-12-14-21(29)15-13-19)17-20-16-25(33)30-24-11-7-6-10-23(20)24/h3-16,18H,17H2,1-2H3,(H,30,33)(H,31,34)(H,35,36). The number of carbonyl (C=O) groups excluding carboxylic acids is 1. The van der Waals surface area contributed by atoms with Crippen LogP contribution in [0.4, 0.5) is 5.69 Å². The van der Waals surface area contributed by atoms with E-state index in [0.717, 1.165) is 5.69 Å². The van der Waals surface area contributed by atoms with Gasteiger partial charge < -0.3 is 20.3 Å². The maximum Gasteiger partial charge on any atom is 0.331 e. The van der Waals surface area contributed by atoms with Gasteiger partial charge in [-0.05, 0) is 55.0 Å². The number of rotatable bonds is 8. The molecule has 1 amide bonds. The Morgan fingerprint density at radius 2 is 1.67 bits per heavy atom. The van der Waals surface area contributed by atoms with Gasteiger partial charge in [0.2, 0.25) is 5.56 Å². The van der Waals surface area contributed by atoms with E-state index in [1.165, 1.54) is 6.07 Å². The van der Waals surface area contributed by atoms with Crippen LogP contribution in [-0.4, -0.2) is 40.6 Å². The van der Waals surface area contributed by atoms with Gasteiger partial charge in [-0.1, -0.05) is 48.0 Å². The lowest BCUT2D eigenvalue weighted by molar-refractivity contribution is -0.145. The van der Waals surface area contributed by atoms with Crippen molar-refractivity contribution in [2.75, 3.05) is 11.9 Å². The summed E-state index contributed by atoms with van der Waals surface area (Å²) < 4.78 is 0.